The quantitative estimate of drug-likeness (QED) is 0.413. The average molecular weight is 178 g/mol. The van der Waals surface area contributed by atoms with Crippen LogP contribution in [-0.2, 0) is 19.1 Å². The summed E-state index contributed by atoms with van der Waals surface area (Å²) < 4.78 is 8.65. The van der Waals surface area contributed by atoms with E-state index in [1.165, 1.54) is 7.11 Å². The minimum Gasteiger partial charge on any atom is -0.481 e. The van der Waals surface area contributed by atoms with Gasteiger partial charge in [0, 0.05) is 7.11 Å². The van der Waals surface area contributed by atoms with E-state index in [-0.39, 0.29) is 6.79 Å². The van der Waals surface area contributed by atoms with Gasteiger partial charge in [-0.25, -0.2) is 4.79 Å². The van der Waals surface area contributed by atoms with E-state index in [1.54, 1.807) is 0 Å². The highest BCUT2D eigenvalue weighted by Crippen LogP contribution is 1.94. The van der Waals surface area contributed by atoms with Crippen LogP contribution in [0.5, 0.6) is 0 Å². The molecule has 6 nitrogen and oxygen atoms in total. The maximum Gasteiger partial charge on any atom is 0.337 e. The number of aliphatic carboxylic acids is 1. The van der Waals surface area contributed by atoms with Crippen molar-refractivity contribution in [2.24, 2.45) is 0 Å². The fourth-order valence-electron chi connectivity index (χ4n) is 0.462. The Morgan fingerprint density at radius 2 is 2.08 bits per heavy atom. The molecular formula is C6H10O6. The van der Waals surface area contributed by atoms with Gasteiger partial charge in [-0.3, -0.25) is 4.79 Å². The Morgan fingerprint density at radius 3 is 2.50 bits per heavy atom. The number of rotatable bonds is 5. The van der Waals surface area contributed by atoms with Crippen molar-refractivity contribution in [3.63, 3.8) is 0 Å². The number of methoxy groups -OCH3 is 1. The summed E-state index contributed by atoms with van der Waals surface area (Å²) in [6, 6.07) is 0. The number of ether oxygens (including phenoxy) is 2. The molecule has 12 heavy (non-hydrogen) atoms. The number of carboxylic acids is 1. The Bertz CT molecular complexity index is 165. The first-order chi connectivity index (χ1) is 5.57. The Morgan fingerprint density at radius 1 is 1.50 bits per heavy atom. The topological polar surface area (TPSA) is 93.1 Å². The summed E-state index contributed by atoms with van der Waals surface area (Å²) in [5, 5.41) is 17.0. The predicted molar refractivity (Wildman–Crippen MR) is 36.2 cm³/mol. The molecule has 6 heteroatoms. The standard InChI is InChI=1S/C6H10O6/c1-11-3-12-6(10)4(7)2-5(8)9/h4,7H,2-3H2,1H3,(H,8,9). The molecule has 0 aromatic carbocycles. The van der Waals surface area contributed by atoms with E-state index < -0.39 is 24.5 Å². The van der Waals surface area contributed by atoms with Gasteiger partial charge in [-0.2, -0.15) is 0 Å². The second-order valence-corrected chi connectivity index (χ2v) is 1.98. The van der Waals surface area contributed by atoms with Gasteiger partial charge in [0.25, 0.3) is 0 Å². The van der Waals surface area contributed by atoms with E-state index in [0.29, 0.717) is 0 Å². The molecule has 0 saturated carbocycles. The Labute approximate surface area is 68.7 Å². The normalized spacial score (nSPS) is 12.2. The van der Waals surface area contributed by atoms with Crippen LogP contribution >= 0.6 is 0 Å². The highest BCUT2D eigenvalue weighted by molar-refractivity contribution is 5.80. The van der Waals surface area contributed by atoms with E-state index in [9.17, 15) is 9.59 Å². The molecule has 0 bridgehead atoms. The maximum absolute atomic E-state index is 10.6. The Hall–Kier alpha value is -1.14. The van der Waals surface area contributed by atoms with Crippen LogP contribution in [0.3, 0.4) is 0 Å². The van der Waals surface area contributed by atoms with Crippen molar-refractivity contribution >= 4 is 11.9 Å². The van der Waals surface area contributed by atoms with Crippen molar-refractivity contribution in [2.75, 3.05) is 13.9 Å². The van der Waals surface area contributed by atoms with Gasteiger partial charge in [-0.15, -0.1) is 0 Å². The molecule has 0 aliphatic rings. The molecule has 0 aliphatic heterocycles. The van der Waals surface area contributed by atoms with Gasteiger partial charge in [0.15, 0.2) is 12.9 Å². The van der Waals surface area contributed by atoms with Gasteiger partial charge in [-0.1, -0.05) is 0 Å². The van der Waals surface area contributed by atoms with Crippen molar-refractivity contribution < 1.29 is 29.3 Å². The minimum atomic E-state index is -1.63. The summed E-state index contributed by atoms with van der Waals surface area (Å²) in [5.41, 5.74) is 0. The van der Waals surface area contributed by atoms with Crippen LogP contribution in [0.15, 0.2) is 0 Å². The maximum atomic E-state index is 10.6. The second-order valence-electron chi connectivity index (χ2n) is 1.98. The lowest BCUT2D eigenvalue weighted by molar-refractivity contribution is -0.167. The molecular weight excluding hydrogens is 168 g/mol. The number of hydrogen-bond donors (Lipinski definition) is 2. The minimum absolute atomic E-state index is 0.296. The van der Waals surface area contributed by atoms with Crippen molar-refractivity contribution in [1.82, 2.24) is 0 Å². The van der Waals surface area contributed by atoms with E-state index >= 15 is 0 Å². The summed E-state index contributed by atoms with van der Waals surface area (Å²) in [4.78, 5) is 20.6. The Balaban J connectivity index is 3.69. The molecule has 0 radical (unpaired) electrons. The lowest BCUT2D eigenvalue weighted by Crippen LogP contribution is -2.26. The lowest BCUT2D eigenvalue weighted by Gasteiger charge is -2.06. The third-order valence-corrected chi connectivity index (χ3v) is 0.959. The third-order valence-electron chi connectivity index (χ3n) is 0.959. The van der Waals surface area contributed by atoms with Crippen molar-refractivity contribution in [1.29, 1.82) is 0 Å². The van der Waals surface area contributed by atoms with Crippen molar-refractivity contribution in [3.05, 3.63) is 0 Å². The first kappa shape index (κ1) is 10.9. The van der Waals surface area contributed by atoms with Crippen LogP contribution in [0, 0.1) is 0 Å². The second kappa shape index (κ2) is 5.50. The fraction of sp³-hybridized carbons (Fsp3) is 0.667. The zero-order valence-corrected chi connectivity index (χ0v) is 6.52. The summed E-state index contributed by atoms with van der Waals surface area (Å²) in [6.45, 7) is -0.296. The van der Waals surface area contributed by atoms with Crippen LogP contribution in [0.4, 0.5) is 0 Å². The number of aliphatic hydroxyl groups is 1. The monoisotopic (exact) mass is 178 g/mol. The van der Waals surface area contributed by atoms with E-state index in [4.69, 9.17) is 10.2 Å². The summed E-state index contributed by atoms with van der Waals surface area (Å²) in [5.74, 6) is -2.27. The molecule has 1 unspecified atom stereocenters. The van der Waals surface area contributed by atoms with E-state index in [1.807, 2.05) is 0 Å². The van der Waals surface area contributed by atoms with Gasteiger partial charge < -0.3 is 19.7 Å². The van der Waals surface area contributed by atoms with Crippen molar-refractivity contribution in [2.45, 2.75) is 12.5 Å². The van der Waals surface area contributed by atoms with Gasteiger partial charge in [0.1, 0.15) is 0 Å². The molecule has 1 atom stereocenters. The third kappa shape index (κ3) is 4.64. The number of carbonyl (C=O) groups excluding carboxylic acids is 1. The molecule has 0 aromatic rings. The molecule has 0 fully saturated rings. The van der Waals surface area contributed by atoms with Gasteiger partial charge in [0.05, 0.1) is 6.42 Å². The average Bonchev–Trinajstić information content (AvgIpc) is 1.98. The zero-order valence-electron chi connectivity index (χ0n) is 6.52. The molecule has 70 valence electrons. The molecule has 0 spiro atoms. The number of aliphatic hydroxyl groups excluding tert-OH is 1. The summed E-state index contributed by atoms with van der Waals surface area (Å²) in [7, 11) is 1.30. The van der Waals surface area contributed by atoms with Crippen LogP contribution < -0.4 is 0 Å². The molecule has 0 heterocycles. The van der Waals surface area contributed by atoms with Crippen LogP contribution in [0.25, 0.3) is 0 Å². The number of carbonyl (C=O) groups is 2. The molecule has 0 saturated heterocycles. The first-order valence-electron chi connectivity index (χ1n) is 3.13. The SMILES string of the molecule is COCOC(=O)C(O)CC(=O)O. The smallest absolute Gasteiger partial charge is 0.337 e. The zero-order chi connectivity index (χ0) is 9.56. The molecule has 2 N–H and O–H groups in total. The van der Waals surface area contributed by atoms with Gasteiger partial charge in [0.2, 0.25) is 0 Å². The predicted octanol–water partition coefficient (Wildman–Crippen LogP) is -1.03. The molecule has 0 rings (SSSR count). The first-order valence-corrected chi connectivity index (χ1v) is 3.13. The lowest BCUT2D eigenvalue weighted by atomic mass is 10.2. The van der Waals surface area contributed by atoms with Gasteiger partial charge in [-0.05, 0) is 0 Å². The summed E-state index contributed by atoms with van der Waals surface area (Å²) >= 11 is 0. The Kier molecular flexibility index (Phi) is 4.98. The van der Waals surface area contributed by atoms with Gasteiger partial charge >= 0.3 is 11.9 Å². The summed E-state index contributed by atoms with van der Waals surface area (Å²) in [6.07, 6.45) is -2.29. The fourth-order valence-corrected chi connectivity index (χ4v) is 0.462. The number of hydrogen-bond acceptors (Lipinski definition) is 5. The highest BCUT2D eigenvalue weighted by Gasteiger charge is 2.19. The highest BCUT2D eigenvalue weighted by atomic mass is 16.7. The van der Waals surface area contributed by atoms with Crippen LogP contribution in [0.1, 0.15) is 6.42 Å². The number of carboxylic acid groups (broad SMARTS) is 1. The largest absolute Gasteiger partial charge is 0.481 e. The molecule has 0 aromatic heterocycles. The van der Waals surface area contributed by atoms with Crippen LogP contribution in [0.2, 0.25) is 0 Å². The molecule has 0 aliphatic carbocycles. The van der Waals surface area contributed by atoms with E-state index in [0.717, 1.165) is 0 Å². The van der Waals surface area contributed by atoms with Crippen molar-refractivity contribution in [3.8, 4) is 0 Å². The van der Waals surface area contributed by atoms with Crippen LogP contribution in [-0.4, -0.2) is 42.2 Å². The molecule has 0 amide bonds. The number of esters is 1. The van der Waals surface area contributed by atoms with E-state index in [2.05, 4.69) is 9.47 Å².